The third-order valence-electron chi connectivity index (χ3n) is 5.64. The van der Waals surface area contributed by atoms with E-state index in [1.54, 1.807) is 23.3 Å². The van der Waals surface area contributed by atoms with Crippen molar-refractivity contribution in [3.8, 4) is 11.5 Å². The quantitative estimate of drug-likeness (QED) is 0.644. The van der Waals surface area contributed by atoms with Crippen LogP contribution in [0.3, 0.4) is 0 Å². The molecular weight excluding hydrogens is 438 g/mol. The maximum atomic E-state index is 13.5. The van der Waals surface area contributed by atoms with Crippen molar-refractivity contribution in [2.24, 2.45) is 0 Å². The summed E-state index contributed by atoms with van der Waals surface area (Å²) in [4.78, 5) is 31.1. The number of carbonyl (C=O) groups excluding carboxylic acids is 2. The van der Waals surface area contributed by atoms with Gasteiger partial charge in [-0.05, 0) is 70.2 Å². The Balaban J connectivity index is 1.81. The molecule has 1 unspecified atom stereocenters. The highest BCUT2D eigenvalue weighted by Crippen LogP contribution is 2.35. The molecule has 1 atom stereocenters. The zero-order chi connectivity index (χ0) is 24.2. The van der Waals surface area contributed by atoms with E-state index < -0.39 is 5.54 Å². The number of para-hydroxylation sites is 2. The third-order valence-corrected chi connectivity index (χ3v) is 6.64. The molecule has 0 bridgehead atoms. The van der Waals surface area contributed by atoms with Crippen LogP contribution in [0.1, 0.15) is 51.1 Å². The number of hydrogen-bond acceptors (Lipinski definition) is 5. The van der Waals surface area contributed by atoms with Crippen molar-refractivity contribution in [1.82, 2.24) is 15.1 Å². The first-order chi connectivity index (χ1) is 15.6. The number of thiophene rings is 1. The lowest BCUT2D eigenvalue weighted by Crippen LogP contribution is -2.56. The van der Waals surface area contributed by atoms with Crippen LogP contribution in [0.5, 0.6) is 11.5 Å². The molecule has 2 aromatic rings. The van der Waals surface area contributed by atoms with E-state index in [2.05, 4.69) is 16.8 Å². The minimum absolute atomic E-state index is 0.00663. The molecule has 3 rings (SSSR count). The van der Waals surface area contributed by atoms with Crippen LogP contribution in [0.15, 0.2) is 35.7 Å². The van der Waals surface area contributed by atoms with Crippen molar-refractivity contribution in [3.63, 3.8) is 0 Å². The Hall–Kier alpha value is -2.74. The molecule has 1 aromatic carbocycles. The van der Waals surface area contributed by atoms with E-state index in [1.165, 1.54) is 4.88 Å². The molecule has 180 valence electrons. The second-order valence-corrected chi connectivity index (χ2v) is 10.5. The van der Waals surface area contributed by atoms with Crippen LogP contribution >= 0.6 is 11.3 Å². The number of amides is 3. The Morgan fingerprint density at radius 2 is 1.91 bits per heavy atom. The fourth-order valence-corrected chi connectivity index (χ4v) is 4.87. The van der Waals surface area contributed by atoms with E-state index in [0.29, 0.717) is 24.7 Å². The van der Waals surface area contributed by atoms with Gasteiger partial charge in [-0.15, -0.1) is 11.3 Å². The number of carbonyl (C=O) groups is 2. The van der Waals surface area contributed by atoms with E-state index in [1.807, 2.05) is 63.8 Å². The molecule has 1 aromatic heterocycles. The van der Waals surface area contributed by atoms with Gasteiger partial charge >= 0.3 is 6.03 Å². The number of benzene rings is 1. The van der Waals surface area contributed by atoms with Crippen LogP contribution in [0.2, 0.25) is 0 Å². The number of nitrogens with one attached hydrogen (secondary N) is 1. The molecule has 0 spiro atoms. The van der Waals surface area contributed by atoms with Crippen LogP contribution in [-0.4, -0.2) is 60.1 Å². The first-order valence-electron chi connectivity index (χ1n) is 11.3. The first kappa shape index (κ1) is 24.9. The average molecular weight is 474 g/mol. The zero-order valence-corrected chi connectivity index (χ0v) is 21.2. The van der Waals surface area contributed by atoms with Crippen molar-refractivity contribution in [2.75, 3.05) is 26.8 Å². The fraction of sp³-hybridized carbons (Fsp3) is 0.520. The summed E-state index contributed by atoms with van der Waals surface area (Å²) in [7, 11) is 1.61. The molecule has 33 heavy (non-hydrogen) atoms. The smallest absolute Gasteiger partial charge is 0.318 e. The van der Waals surface area contributed by atoms with Crippen LogP contribution in [0, 0.1) is 0 Å². The number of rotatable bonds is 7. The molecular formula is C25H35N3O4S. The van der Waals surface area contributed by atoms with E-state index >= 15 is 0 Å². The number of nitrogens with zero attached hydrogens (tertiary/aromatic N) is 2. The molecule has 3 amide bonds. The van der Waals surface area contributed by atoms with Crippen LogP contribution in [-0.2, 0) is 11.2 Å². The third kappa shape index (κ3) is 5.99. The summed E-state index contributed by atoms with van der Waals surface area (Å²) in [5, 5.41) is 4.98. The van der Waals surface area contributed by atoms with Gasteiger partial charge < -0.3 is 24.6 Å². The van der Waals surface area contributed by atoms with Gasteiger partial charge in [0, 0.05) is 23.0 Å². The summed E-state index contributed by atoms with van der Waals surface area (Å²) < 4.78 is 11.5. The summed E-state index contributed by atoms with van der Waals surface area (Å²) >= 11 is 1.71. The summed E-state index contributed by atoms with van der Waals surface area (Å²) in [6, 6.07) is 9.09. The normalized spacial score (nSPS) is 15.7. The van der Waals surface area contributed by atoms with Gasteiger partial charge in [-0.25, -0.2) is 4.79 Å². The van der Waals surface area contributed by atoms with Gasteiger partial charge in [-0.1, -0.05) is 12.1 Å². The predicted molar refractivity (Wildman–Crippen MR) is 131 cm³/mol. The van der Waals surface area contributed by atoms with Gasteiger partial charge in [0.2, 0.25) is 5.91 Å². The standard InChI is InChI=1S/C25H35N3O4S/c1-17(2)26-24(30)28(25(3,4)5)15-23(29)27-13-11-22-18(12-14-33-22)19(27)16-32-21-10-8-7-9-20(21)31-6/h7-10,12,14,17,19H,11,13,15-16H2,1-6H3,(H,26,30). The van der Waals surface area contributed by atoms with Crippen molar-refractivity contribution in [2.45, 2.75) is 58.7 Å². The summed E-state index contributed by atoms with van der Waals surface area (Å²) in [6.45, 7) is 10.6. The van der Waals surface area contributed by atoms with Crippen molar-refractivity contribution < 1.29 is 19.1 Å². The number of urea groups is 1. The summed E-state index contributed by atoms with van der Waals surface area (Å²) in [5.41, 5.74) is 0.616. The lowest BCUT2D eigenvalue weighted by atomic mass is 10.00. The van der Waals surface area contributed by atoms with Gasteiger partial charge in [-0.3, -0.25) is 4.79 Å². The summed E-state index contributed by atoms with van der Waals surface area (Å²) in [6.07, 6.45) is 0.803. The van der Waals surface area contributed by atoms with Gasteiger partial charge in [0.25, 0.3) is 0 Å². The Morgan fingerprint density at radius 1 is 1.21 bits per heavy atom. The van der Waals surface area contributed by atoms with E-state index in [0.717, 1.165) is 12.0 Å². The highest BCUT2D eigenvalue weighted by Gasteiger charge is 2.36. The second-order valence-electron chi connectivity index (χ2n) is 9.48. The van der Waals surface area contributed by atoms with Gasteiger partial charge in [-0.2, -0.15) is 0 Å². The minimum Gasteiger partial charge on any atom is -0.493 e. The Kier molecular flexibility index (Phi) is 7.89. The molecule has 2 heterocycles. The Morgan fingerprint density at radius 3 is 2.55 bits per heavy atom. The first-order valence-corrected chi connectivity index (χ1v) is 12.2. The van der Waals surface area contributed by atoms with Gasteiger partial charge in [0.15, 0.2) is 11.5 Å². The van der Waals surface area contributed by atoms with Crippen molar-refractivity contribution in [1.29, 1.82) is 0 Å². The SMILES string of the molecule is COc1ccccc1OCC1c2ccsc2CCN1C(=O)CN(C(=O)NC(C)C)C(C)(C)C. The highest BCUT2D eigenvalue weighted by atomic mass is 32.1. The van der Waals surface area contributed by atoms with Crippen LogP contribution < -0.4 is 14.8 Å². The molecule has 0 radical (unpaired) electrons. The molecule has 0 saturated carbocycles. The average Bonchev–Trinajstić information content (AvgIpc) is 3.23. The van der Waals surface area contributed by atoms with Crippen LogP contribution in [0.25, 0.3) is 0 Å². The lowest BCUT2D eigenvalue weighted by molar-refractivity contribution is -0.136. The summed E-state index contributed by atoms with van der Waals surface area (Å²) in [5.74, 6) is 1.21. The van der Waals surface area contributed by atoms with Gasteiger partial charge in [0.05, 0.1) is 13.2 Å². The zero-order valence-electron chi connectivity index (χ0n) is 20.4. The number of hydrogen-bond donors (Lipinski definition) is 1. The van der Waals surface area contributed by atoms with Gasteiger partial charge in [0.1, 0.15) is 13.2 Å². The van der Waals surface area contributed by atoms with E-state index in [-0.39, 0.29) is 30.6 Å². The second kappa shape index (κ2) is 10.5. The van der Waals surface area contributed by atoms with E-state index in [4.69, 9.17) is 9.47 Å². The number of ether oxygens (including phenoxy) is 2. The molecule has 1 N–H and O–H groups in total. The largest absolute Gasteiger partial charge is 0.493 e. The number of fused-ring (bicyclic) bond motifs is 1. The fourth-order valence-electron chi connectivity index (χ4n) is 3.95. The molecule has 1 aliphatic heterocycles. The minimum atomic E-state index is -0.499. The maximum absolute atomic E-state index is 13.5. The number of methoxy groups -OCH3 is 1. The van der Waals surface area contributed by atoms with Crippen molar-refractivity contribution in [3.05, 3.63) is 46.2 Å². The molecule has 0 saturated heterocycles. The lowest BCUT2D eigenvalue weighted by Gasteiger charge is -2.40. The molecule has 8 heteroatoms. The van der Waals surface area contributed by atoms with Crippen LogP contribution in [0.4, 0.5) is 4.79 Å². The highest BCUT2D eigenvalue weighted by molar-refractivity contribution is 7.10. The maximum Gasteiger partial charge on any atom is 0.318 e. The molecule has 0 aliphatic carbocycles. The Bertz CT molecular complexity index is 967. The molecule has 7 nitrogen and oxygen atoms in total. The predicted octanol–water partition coefficient (Wildman–Crippen LogP) is 4.48. The van der Waals surface area contributed by atoms with Crippen molar-refractivity contribution >= 4 is 23.3 Å². The monoisotopic (exact) mass is 473 g/mol. The molecule has 1 aliphatic rings. The topological polar surface area (TPSA) is 71.1 Å². The Labute approximate surface area is 200 Å². The van der Waals surface area contributed by atoms with E-state index in [9.17, 15) is 9.59 Å². The molecule has 0 fully saturated rings.